The summed E-state index contributed by atoms with van der Waals surface area (Å²) in [4.78, 5) is 23.8. The van der Waals surface area contributed by atoms with Crippen molar-refractivity contribution in [1.82, 2.24) is 0 Å². The lowest BCUT2D eigenvalue weighted by Gasteiger charge is -2.05. The van der Waals surface area contributed by atoms with Crippen LogP contribution in [0.15, 0.2) is 35.7 Å². The van der Waals surface area contributed by atoms with Crippen molar-refractivity contribution in [2.24, 2.45) is 0 Å². The maximum Gasteiger partial charge on any atom is 0.350 e. The summed E-state index contributed by atoms with van der Waals surface area (Å²) in [6.07, 6.45) is 0. The molecule has 0 bridgehead atoms. The fraction of sp³-hybridized carbons (Fsp3) is 0.200. The Balaban J connectivity index is 1.82. The summed E-state index contributed by atoms with van der Waals surface area (Å²) in [6, 6.07) is 7.83. The summed E-state index contributed by atoms with van der Waals surface area (Å²) in [5.41, 5.74) is 1.41. The fourth-order valence-corrected chi connectivity index (χ4v) is 3.24. The third-order valence-electron chi connectivity index (χ3n) is 2.73. The number of amides is 1. The van der Waals surface area contributed by atoms with E-state index in [0.29, 0.717) is 16.3 Å². The predicted molar refractivity (Wildman–Crippen MR) is 86.9 cm³/mol. The molecule has 0 saturated carbocycles. The Morgan fingerprint density at radius 1 is 1.27 bits per heavy atom. The zero-order valence-electron chi connectivity index (χ0n) is 11.8. The van der Waals surface area contributed by atoms with Crippen LogP contribution in [-0.2, 0) is 15.3 Å². The van der Waals surface area contributed by atoms with Gasteiger partial charge in [-0.2, -0.15) is 0 Å². The highest BCUT2D eigenvalue weighted by molar-refractivity contribution is 7.99. The maximum atomic E-state index is 12.8. The van der Waals surface area contributed by atoms with Gasteiger partial charge in [0, 0.05) is 5.75 Å². The molecule has 1 aromatic heterocycles. The summed E-state index contributed by atoms with van der Waals surface area (Å²) in [5, 5.41) is 4.41. The molecule has 0 atom stereocenters. The number of benzene rings is 1. The van der Waals surface area contributed by atoms with E-state index in [2.05, 4.69) is 10.1 Å². The molecule has 1 aromatic carbocycles. The molecule has 1 heterocycles. The van der Waals surface area contributed by atoms with Gasteiger partial charge < -0.3 is 10.1 Å². The third-order valence-corrected chi connectivity index (χ3v) is 4.62. The molecule has 0 aliphatic heterocycles. The number of hydrogen-bond donors (Lipinski definition) is 1. The molecular formula is C15H14FNO3S2. The molecule has 22 heavy (non-hydrogen) atoms. The number of hydrogen-bond acceptors (Lipinski definition) is 5. The first kappa shape index (κ1) is 16.5. The molecule has 0 aliphatic rings. The molecular weight excluding hydrogens is 325 g/mol. The predicted octanol–water partition coefficient (Wildman–Crippen LogP) is 3.55. The second kappa shape index (κ2) is 7.95. The lowest BCUT2D eigenvalue weighted by atomic mass is 10.2. The molecule has 2 aromatic rings. The molecule has 1 amide bonds. The van der Waals surface area contributed by atoms with Gasteiger partial charge in [0.25, 0.3) is 0 Å². The summed E-state index contributed by atoms with van der Waals surface area (Å²) in [6.45, 7) is 0. The molecule has 4 nitrogen and oxygen atoms in total. The van der Waals surface area contributed by atoms with Crippen LogP contribution in [0.25, 0.3) is 0 Å². The second-order valence-corrected chi connectivity index (χ2v) is 6.22. The zero-order valence-corrected chi connectivity index (χ0v) is 13.4. The van der Waals surface area contributed by atoms with E-state index in [9.17, 15) is 14.0 Å². The minimum absolute atomic E-state index is 0.198. The molecule has 0 aliphatic carbocycles. The lowest BCUT2D eigenvalue weighted by Crippen LogP contribution is -2.15. The molecule has 2 rings (SSSR count). The Kier molecular flexibility index (Phi) is 5.97. The number of halogens is 1. The lowest BCUT2D eigenvalue weighted by molar-refractivity contribution is -0.113. The number of nitrogens with one attached hydrogen (secondary N) is 1. The average Bonchev–Trinajstić information content (AvgIpc) is 2.96. The van der Waals surface area contributed by atoms with Gasteiger partial charge in [0.1, 0.15) is 10.7 Å². The Morgan fingerprint density at radius 2 is 2.00 bits per heavy atom. The van der Waals surface area contributed by atoms with Crippen molar-refractivity contribution in [2.45, 2.75) is 5.75 Å². The van der Waals surface area contributed by atoms with Crippen LogP contribution >= 0.6 is 23.1 Å². The smallest absolute Gasteiger partial charge is 0.350 e. The Hall–Kier alpha value is -1.86. The van der Waals surface area contributed by atoms with Crippen LogP contribution in [0.4, 0.5) is 10.1 Å². The molecule has 0 fully saturated rings. The number of thiophene rings is 1. The molecule has 0 unspecified atom stereocenters. The summed E-state index contributed by atoms with van der Waals surface area (Å²) in [7, 11) is 1.30. The molecule has 7 heteroatoms. The van der Waals surface area contributed by atoms with Gasteiger partial charge >= 0.3 is 5.97 Å². The molecule has 0 radical (unpaired) electrons. The monoisotopic (exact) mass is 339 g/mol. The first-order chi connectivity index (χ1) is 10.6. The average molecular weight is 339 g/mol. The van der Waals surface area contributed by atoms with E-state index in [1.807, 2.05) is 0 Å². The summed E-state index contributed by atoms with van der Waals surface area (Å²) >= 11 is 2.63. The topological polar surface area (TPSA) is 55.4 Å². The van der Waals surface area contributed by atoms with E-state index >= 15 is 0 Å². The van der Waals surface area contributed by atoms with Crippen molar-refractivity contribution >= 4 is 40.7 Å². The van der Waals surface area contributed by atoms with E-state index in [4.69, 9.17) is 0 Å². The van der Waals surface area contributed by atoms with Crippen LogP contribution in [0.3, 0.4) is 0 Å². The highest BCUT2D eigenvalue weighted by Crippen LogP contribution is 2.23. The second-order valence-electron chi connectivity index (χ2n) is 4.32. The van der Waals surface area contributed by atoms with Gasteiger partial charge in [0.15, 0.2) is 0 Å². The van der Waals surface area contributed by atoms with Crippen LogP contribution in [0.1, 0.15) is 15.2 Å². The largest absolute Gasteiger partial charge is 0.465 e. The minimum Gasteiger partial charge on any atom is -0.465 e. The highest BCUT2D eigenvalue weighted by atomic mass is 32.2. The summed E-state index contributed by atoms with van der Waals surface area (Å²) in [5.74, 6) is -0.0890. The number of anilines is 1. The van der Waals surface area contributed by atoms with Crippen molar-refractivity contribution in [3.8, 4) is 0 Å². The highest BCUT2D eigenvalue weighted by Gasteiger charge is 2.15. The van der Waals surface area contributed by atoms with Crippen molar-refractivity contribution in [1.29, 1.82) is 0 Å². The van der Waals surface area contributed by atoms with E-state index in [1.54, 1.807) is 23.6 Å². The van der Waals surface area contributed by atoms with Gasteiger partial charge in [-0.05, 0) is 29.1 Å². The quantitative estimate of drug-likeness (QED) is 0.818. The Bertz CT molecular complexity index is 655. The number of ether oxygens (including phenoxy) is 1. The standard InChI is InChI=1S/C15H14FNO3S2/c1-20-15(19)14-12(6-7-22-14)17-13(18)9-21-8-10-2-4-11(16)5-3-10/h2-7H,8-9H2,1H3,(H,17,18). The Morgan fingerprint density at radius 3 is 2.68 bits per heavy atom. The SMILES string of the molecule is COC(=O)c1sccc1NC(=O)CSCc1ccc(F)cc1. The Labute approximate surface area is 135 Å². The van der Waals surface area contributed by atoms with Crippen LogP contribution in [0.5, 0.6) is 0 Å². The van der Waals surface area contributed by atoms with Gasteiger partial charge in [-0.1, -0.05) is 12.1 Å². The normalized spacial score (nSPS) is 10.3. The number of rotatable bonds is 6. The van der Waals surface area contributed by atoms with Crippen LogP contribution in [0.2, 0.25) is 0 Å². The van der Waals surface area contributed by atoms with E-state index in [0.717, 1.165) is 5.56 Å². The van der Waals surface area contributed by atoms with E-state index in [1.165, 1.54) is 42.3 Å². The van der Waals surface area contributed by atoms with Gasteiger partial charge in [-0.15, -0.1) is 23.1 Å². The fourth-order valence-electron chi connectivity index (χ4n) is 1.69. The van der Waals surface area contributed by atoms with Gasteiger partial charge in [0.05, 0.1) is 18.6 Å². The number of carbonyl (C=O) groups is 2. The molecule has 116 valence electrons. The van der Waals surface area contributed by atoms with E-state index < -0.39 is 5.97 Å². The summed E-state index contributed by atoms with van der Waals surface area (Å²) < 4.78 is 17.4. The number of thioether (sulfide) groups is 1. The van der Waals surface area contributed by atoms with Gasteiger partial charge in [0.2, 0.25) is 5.91 Å². The maximum absolute atomic E-state index is 12.8. The van der Waals surface area contributed by atoms with Crippen molar-refractivity contribution in [3.63, 3.8) is 0 Å². The van der Waals surface area contributed by atoms with Gasteiger partial charge in [-0.25, -0.2) is 9.18 Å². The number of carbonyl (C=O) groups excluding carboxylic acids is 2. The molecule has 0 saturated heterocycles. The molecule has 0 spiro atoms. The first-order valence-electron chi connectivity index (χ1n) is 6.38. The minimum atomic E-state index is -0.468. The van der Waals surface area contributed by atoms with E-state index in [-0.39, 0.29) is 17.5 Å². The van der Waals surface area contributed by atoms with Crippen molar-refractivity contribution in [3.05, 3.63) is 52.0 Å². The number of methoxy groups -OCH3 is 1. The molecule has 1 N–H and O–H groups in total. The first-order valence-corrected chi connectivity index (χ1v) is 8.41. The van der Waals surface area contributed by atoms with Crippen LogP contribution in [-0.4, -0.2) is 24.7 Å². The number of esters is 1. The van der Waals surface area contributed by atoms with Gasteiger partial charge in [-0.3, -0.25) is 4.79 Å². The van der Waals surface area contributed by atoms with Crippen LogP contribution < -0.4 is 5.32 Å². The van der Waals surface area contributed by atoms with Crippen molar-refractivity contribution in [2.75, 3.05) is 18.2 Å². The third kappa shape index (κ3) is 4.57. The van der Waals surface area contributed by atoms with Crippen LogP contribution in [0, 0.1) is 5.82 Å². The van der Waals surface area contributed by atoms with Crippen molar-refractivity contribution < 1.29 is 18.7 Å². The zero-order chi connectivity index (χ0) is 15.9.